The lowest BCUT2D eigenvalue weighted by Crippen LogP contribution is -2.34. The van der Waals surface area contributed by atoms with Gasteiger partial charge in [0.25, 0.3) is 0 Å². The van der Waals surface area contributed by atoms with Crippen molar-refractivity contribution in [2.75, 3.05) is 0 Å². The molecule has 0 bridgehead atoms. The van der Waals surface area contributed by atoms with Crippen molar-refractivity contribution in [1.82, 2.24) is 14.9 Å². The van der Waals surface area contributed by atoms with Crippen LogP contribution in [0.15, 0.2) is 24.5 Å². The van der Waals surface area contributed by atoms with Crippen molar-refractivity contribution in [3.8, 4) is 0 Å². The smallest absolute Gasteiger partial charge is 0.108 e. The number of nitrogens with one attached hydrogen (secondary N) is 1. The lowest BCUT2D eigenvalue weighted by Gasteiger charge is -2.19. The molecule has 0 saturated heterocycles. The second-order valence-corrected chi connectivity index (χ2v) is 7.05. The first kappa shape index (κ1) is 14.3. The number of aromatic nitrogens is 2. The Morgan fingerprint density at radius 2 is 2.00 bits per heavy atom. The third-order valence-electron chi connectivity index (χ3n) is 2.95. The van der Waals surface area contributed by atoms with Crippen LogP contribution in [0.5, 0.6) is 0 Å². The lowest BCUT2D eigenvalue weighted by molar-refractivity contribution is 0.426. The molecule has 19 heavy (non-hydrogen) atoms. The molecular weight excluding hydrogens is 254 g/mol. The van der Waals surface area contributed by atoms with Crippen molar-refractivity contribution in [2.24, 2.45) is 0 Å². The molecule has 0 aromatic carbocycles. The molecule has 0 aliphatic heterocycles. The second kappa shape index (κ2) is 5.88. The van der Waals surface area contributed by atoms with E-state index in [2.05, 4.69) is 60.9 Å². The van der Waals surface area contributed by atoms with Crippen LogP contribution in [0.1, 0.15) is 43.3 Å². The highest BCUT2D eigenvalue weighted by molar-refractivity contribution is 7.11. The fraction of sp³-hybridized carbons (Fsp3) is 0.533. The minimum atomic E-state index is 0.171. The molecule has 2 aromatic rings. The zero-order chi connectivity index (χ0) is 13.9. The van der Waals surface area contributed by atoms with Crippen LogP contribution in [0.3, 0.4) is 0 Å². The molecule has 0 amide bonds. The van der Waals surface area contributed by atoms with E-state index in [1.807, 2.05) is 17.5 Å². The second-order valence-electron chi connectivity index (χ2n) is 5.80. The van der Waals surface area contributed by atoms with Gasteiger partial charge in [-0.1, -0.05) is 6.92 Å². The van der Waals surface area contributed by atoms with Crippen molar-refractivity contribution in [2.45, 2.75) is 52.7 Å². The molecule has 0 saturated carbocycles. The monoisotopic (exact) mass is 277 g/mol. The molecule has 1 N–H and O–H groups in total. The van der Waals surface area contributed by atoms with E-state index in [1.165, 1.54) is 9.75 Å². The minimum Gasteiger partial charge on any atom is -0.330 e. The van der Waals surface area contributed by atoms with Gasteiger partial charge in [-0.2, -0.15) is 0 Å². The van der Waals surface area contributed by atoms with E-state index in [1.54, 1.807) is 0 Å². The number of nitrogens with zero attached hydrogens (tertiary/aromatic N) is 2. The molecule has 2 heterocycles. The summed E-state index contributed by atoms with van der Waals surface area (Å²) in [6.45, 7) is 10.6. The molecule has 0 spiro atoms. The quantitative estimate of drug-likeness (QED) is 0.907. The molecule has 4 heteroatoms. The summed E-state index contributed by atoms with van der Waals surface area (Å²) in [5.74, 6) is 1.16. The van der Waals surface area contributed by atoms with Gasteiger partial charge >= 0.3 is 0 Å². The van der Waals surface area contributed by atoms with Crippen LogP contribution in [0.4, 0.5) is 0 Å². The van der Waals surface area contributed by atoms with Crippen LogP contribution < -0.4 is 5.32 Å². The van der Waals surface area contributed by atoms with E-state index < -0.39 is 0 Å². The van der Waals surface area contributed by atoms with Gasteiger partial charge in [0, 0.05) is 40.7 Å². The Balaban J connectivity index is 1.98. The Morgan fingerprint density at radius 1 is 1.26 bits per heavy atom. The maximum atomic E-state index is 4.36. The van der Waals surface area contributed by atoms with E-state index in [4.69, 9.17) is 0 Å². The van der Waals surface area contributed by atoms with Crippen molar-refractivity contribution in [1.29, 1.82) is 0 Å². The average molecular weight is 277 g/mol. The van der Waals surface area contributed by atoms with Crippen LogP contribution in [0, 0.1) is 0 Å². The van der Waals surface area contributed by atoms with Crippen LogP contribution in [-0.4, -0.2) is 15.1 Å². The van der Waals surface area contributed by atoms with Gasteiger partial charge in [-0.3, -0.25) is 0 Å². The van der Waals surface area contributed by atoms with Gasteiger partial charge in [0.05, 0.1) is 6.54 Å². The molecule has 2 rings (SSSR count). The fourth-order valence-corrected chi connectivity index (χ4v) is 2.88. The van der Waals surface area contributed by atoms with Crippen molar-refractivity contribution in [3.63, 3.8) is 0 Å². The summed E-state index contributed by atoms with van der Waals surface area (Å²) in [6, 6.07) is 4.45. The summed E-state index contributed by atoms with van der Waals surface area (Å²) in [6.07, 6.45) is 4.93. The number of aryl methyl sites for hydroxylation is 1. The molecule has 0 unspecified atom stereocenters. The molecule has 2 aromatic heterocycles. The Kier molecular flexibility index (Phi) is 4.42. The summed E-state index contributed by atoms with van der Waals surface area (Å²) < 4.78 is 2.23. The normalized spacial score (nSPS) is 12.0. The first-order valence-corrected chi connectivity index (χ1v) is 7.62. The maximum Gasteiger partial charge on any atom is 0.108 e. The third kappa shape index (κ3) is 4.18. The molecule has 3 nitrogen and oxygen atoms in total. The van der Waals surface area contributed by atoms with Crippen molar-refractivity contribution < 1.29 is 0 Å². The van der Waals surface area contributed by atoms with Gasteiger partial charge < -0.3 is 9.88 Å². The Morgan fingerprint density at radius 3 is 2.68 bits per heavy atom. The predicted molar refractivity (Wildman–Crippen MR) is 81.6 cm³/mol. The molecule has 0 aliphatic carbocycles. The number of hydrogen-bond donors (Lipinski definition) is 1. The first-order valence-electron chi connectivity index (χ1n) is 6.80. The van der Waals surface area contributed by atoms with Crippen molar-refractivity contribution >= 4 is 11.3 Å². The largest absolute Gasteiger partial charge is 0.330 e. The predicted octanol–water partition coefficient (Wildman–Crippen LogP) is 3.44. The van der Waals surface area contributed by atoms with E-state index >= 15 is 0 Å². The molecule has 0 aliphatic rings. The molecular formula is C15H23N3S. The van der Waals surface area contributed by atoms with Crippen LogP contribution in [0.25, 0.3) is 0 Å². The zero-order valence-corrected chi connectivity index (χ0v) is 13.0. The molecule has 0 radical (unpaired) electrons. The third-order valence-corrected chi connectivity index (χ3v) is 4.02. The summed E-state index contributed by atoms with van der Waals surface area (Å²) >= 11 is 1.88. The van der Waals surface area contributed by atoms with Gasteiger partial charge in [-0.15, -0.1) is 11.3 Å². The Bertz CT molecular complexity index is 519. The van der Waals surface area contributed by atoms with Gasteiger partial charge in [-0.25, -0.2) is 4.98 Å². The number of hydrogen-bond acceptors (Lipinski definition) is 3. The highest BCUT2D eigenvalue weighted by Gasteiger charge is 2.10. The number of rotatable bonds is 5. The molecule has 0 fully saturated rings. The van der Waals surface area contributed by atoms with Crippen LogP contribution in [0.2, 0.25) is 0 Å². The average Bonchev–Trinajstić information content (AvgIpc) is 2.95. The summed E-state index contributed by atoms with van der Waals surface area (Å²) in [7, 11) is 0. The SMILES string of the molecule is CCc1nccn1Cc1ccc(CNC(C)(C)C)s1. The van der Waals surface area contributed by atoms with Gasteiger partial charge in [-0.05, 0) is 32.9 Å². The number of thiophene rings is 1. The summed E-state index contributed by atoms with van der Waals surface area (Å²) in [5, 5.41) is 3.52. The topological polar surface area (TPSA) is 29.9 Å². The first-order chi connectivity index (χ1) is 8.98. The molecule has 0 atom stereocenters. The van der Waals surface area contributed by atoms with E-state index in [9.17, 15) is 0 Å². The zero-order valence-electron chi connectivity index (χ0n) is 12.2. The standard InChI is InChI=1S/C15H23N3S/c1-5-14-16-8-9-18(14)11-13-7-6-12(19-13)10-17-15(2,3)4/h6-9,17H,5,10-11H2,1-4H3. The number of imidazole rings is 1. The minimum absolute atomic E-state index is 0.171. The summed E-state index contributed by atoms with van der Waals surface area (Å²) in [5.41, 5.74) is 0.171. The Hall–Kier alpha value is -1.13. The highest BCUT2D eigenvalue weighted by Crippen LogP contribution is 2.19. The van der Waals surface area contributed by atoms with E-state index in [-0.39, 0.29) is 5.54 Å². The maximum absolute atomic E-state index is 4.36. The van der Waals surface area contributed by atoms with E-state index in [0.717, 1.165) is 25.3 Å². The van der Waals surface area contributed by atoms with Crippen molar-refractivity contribution in [3.05, 3.63) is 40.1 Å². The molecule has 104 valence electrons. The fourth-order valence-electron chi connectivity index (χ4n) is 1.92. The Labute approximate surface area is 119 Å². The van der Waals surface area contributed by atoms with Gasteiger partial charge in [0.2, 0.25) is 0 Å². The summed E-state index contributed by atoms with van der Waals surface area (Å²) in [4.78, 5) is 7.14. The highest BCUT2D eigenvalue weighted by atomic mass is 32.1. The van der Waals surface area contributed by atoms with E-state index in [0.29, 0.717) is 0 Å². The van der Waals surface area contributed by atoms with Crippen LogP contribution in [-0.2, 0) is 19.5 Å². The lowest BCUT2D eigenvalue weighted by atomic mass is 10.1. The van der Waals surface area contributed by atoms with Gasteiger partial charge in [0.1, 0.15) is 5.82 Å². The van der Waals surface area contributed by atoms with Gasteiger partial charge in [0.15, 0.2) is 0 Å². The van der Waals surface area contributed by atoms with Crippen LogP contribution >= 0.6 is 11.3 Å².